The van der Waals surface area contributed by atoms with Gasteiger partial charge in [0.25, 0.3) is 0 Å². The lowest BCUT2D eigenvalue weighted by molar-refractivity contribution is 0.0606. The predicted octanol–water partition coefficient (Wildman–Crippen LogP) is 4.30. The second kappa shape index (κ2) is 8.23. The molecule has 33 heavy (non-hydrogen) atoms. The van der Waals surface area contributed by atoms with Gasteiger partial charge >= 0.3 is 0 Å². The van der Waals surface area contributed by atoms with Crippen molar-refractivity contribution in [3.05, 3.63) is 40.7 Å². The van der Waals surface area contributed by atoms with Gasteiger partial charge < -0.3 is 10.2 Å². The fourth-order valence-electron chi connectivity index (χ4n) is 4.51. The quantitative estimate of drug-likeness (QED) is 0.406. The van der Waals surface area contributed by atoms with Crippen LogP contribution in [-0.4, -0.2) is 43.2 Å². The van der Waals surface area contributed by atoms with E-state index in [0.29, 0.717) is 23.4 Å². The maximum Gasteiger partial charge on any atom is 0.222 e. The van der Waals surface area contributed by atoms with Gasteiger partial charge in [0.05, 0.1) is 23.5 Å². The number of nitrogens with two attached hydrogens (primary N) is 1. The highest BCUT2D eigenvalue weighted by Crippen LogP contribution is 2.43. The number of nitrogen functional groups attached to an aromatic ring is 1. The topological polar surface area (TPSA) is 118 Å². The zero-order chi connectivity index (χ0) is 23.2. The van der Waals surface area contributed by atoms with E-state index >= 15 is 0 Å². The monoisotopic (exact) mass is 480 g/mol. The highest BCUT2D eigenvalue weighted by molar-refractivity contribution is 7.13. The van der Waals surface area contributed by atoms with Gasteiger partial charge in [-0.15, -0.1) is 16.4 Å². The summed E-state index contributed by atoms with van der Waals surface area (Å²) in [6.07, 6.45) is 4.36. The van der Waals surface area contributed by atoms with Gasteiger partial charge in [-0.3, -0.25) is 4.98 Å². The number of anilines is 1. The molecule has 0 unspecified atom stereocenters. The molecule has 1 aliphatic carbocycles. The molecule has 5 rings (SSSR count). The second-order valence-electron chi connectivity index (χ2n) is 9.57. The van der Waals surface area contributed by atoms with Crippen molar-refractivity contribution in [2.45, 2.75) is 64.4 Å². The van der Waals surface area contributed by atoms with Gasteiger partial charge in [0.1, 0.15) is 10.7 Å². The summed E-state index contributed by atoms with van der Waals surface area (Å²) < 4.78 is 8.44. The summed E-state index contributed by atoms with van der Waals surface area (Å²) in [6, 6.07) is 6.15. The van der Waals surface area contributed by atoms with E-state index < -0.39 is 8.32 Å². The third kappa shape index (κ3) is 4.40. The van der Waals surface area contributed by atoms with Crippen LogP contribution in [0.15, 0.2) is 23.6 Å². The number of nitrogens with zero attached hydrogens (tertiary/aromatic N) is 7. The first kappa shape index (κ1) is 22.1. The van der Waals surface area contributed by atoms with Crippen LogP contribution in [0.25, 0.3) is 21.9 Å². The van der Waals surface area contributed by atoms with Crippen LogP contribution in [-0.2, 0) is 16.6 Å². The number of hydrogen-bond donors (Lipinski definition) is 1. The van der Waals surface area contributed by atoms with Gasteiger partial charge in [0.15, 0.2) is 19.5 Å². The van der Waals surface area contributed by atoms with Gasteiger partial charge in [-0.2, -0.15) is 4.98 Å². The lowest BCUT2D eigenvalue weighted by Gasteiger charge is -2.36. The SMILES string of the molecule is Cc1csc(-c2nc(N)nc3c2nnn3Cc2cccc(C3(O[Si](C)(C)C)CCCC3)n2)n1. The van der Waals surface area contributed by atoms with Gasteiger partial charge in [0.2, 0.25) is 5.95 Å². The molecule has 1 saturated carbocycles. The van der Waals surface area contributed by atoms with Crippen LogP contribution in [0.4, 0.5) is 5.95 Å². The summed E-state index contributed by atoms with van der Waals surface area (Å²) in [4.78, 5) is 18.4. The number of aryl methyl sites for hydroxylation is 1. The Labute approximate surface area is 197 Å². The molecule has 4 aromatic rings. The van der Waals surface area contributed by atoms with Crippen LogP contribution < -0.4 is 5.73 Å². The highest BCUT2D eigenvalue weighted by atomic mass is 32.1. The predicted molar refractivity (Wildman–Crippen MR) is 131 cm³/mol. The molecule has 0 aromatic carbocycles. The van der Waals surface area contributed by atoms with Crippen LogP contribution in [0.5, 0.6) is 0 Å². The van der Waals surface area contributed by atoms with E-state index in [4.69, 9.17) is 15.1 Å². The fourth-order valence-corrected chi connectivity index (χ4v) is 6.78. The lowest BCUT2D eigenvalue weighted by atomic mass is 9.97. The van der Waals surface area contributed by atoms with Gasteiger partial charge in [-0.1, -0.05) is 24.1 Å². The second-order valence-corrected chi connectivity index (χ2v) is 14.9. The van der Waals surface area contributed by atoms with Gasteiger partial charge in [-0.05, 0) is 51.5 Å². The molecule has 2 N–H and O–H groups in total. The minimum atomic E-state index is -1.74. The fraction of sp³-hybridized carbons (Fsp3) is 0.455. The zero-order valence-corrected chi connectivity index (χ0v) is 21.2. The van der Waals surface area contributed by atoms with E-state index in [2.05, 4.69) is 57.0 Å². The molecule has 0 amide bonds. The standard InChI is InChI=1S/C22H28N8OSSi/c1-14-13-32-20(24-14)18-17-19(27-21(23)26-18)30(29-28-17)12-15-8-7-9-16(25-15)22(10-5-6-11-22)31-33(2,3)4/h7-9,13H,5-6,10-12H2,1-4H3,(H2,23,26,27). The number of hydrogen-bond acceptors (Lipinski definition) is 9. The first-order valence-corrected chi connectivity index (χ1v) is 15.5. The third-order valence-electron chi connectivity index (χ3n) is 5.70. The smallest absolute Gasteiger partial charge is 0.222 e. The summed E-state index contributed by atoms with van der Waals surface area (Å²) >= 11 is 1.50. The number of thiazole rings is 1. The molecule has 11 heteroatoms. The first-order chi connectivity index (χ1) is 15.7. The summed E-state index contributed by atoms with van der Waals surface area (Å²) in [7, 11) is -1.74. The van der Waals surface area contributed by atoms with E-state index in [1.54, 1.807) is 4.68 Å². The maximum absolute atomic E-state index is 6.71. The van der Waals surface area contributed by atoms with Crippen molar-refractivity contribution in [3.8, 4) is 10.7 Å². The van der Waals surface area contributed by atoms with Crippen LogP contribution in [0.3, 0.4) is 0 Å². The number of pyridine rings is 1. The van der Waals surface area contributed by atoms with E-state index in [1.165, 1.54) is 24.2 Å². The lowest BCUT2D eigenvalue weighted by Crippen LogP contribution is -2.39. The molecule has 0 radical (unpaired) electrons. The maximum atomic E-state index is 6.71. The summed E-state index contributed by atoms with van der Waals surface area (Å²) in [5.74, 6) is 0.170. The molecule has 1 fully saturated rings. The van der Waals surface area contributed by atoms with Gasteiger partial charge in [0, 0.05) is 11.1 Å². The molecule has 0 bridgehead atoms. The Morgan fingerprint density at radius 1 is 1.12 bits per heavy atom. The highest BCUT2D eigenvalue weighted by Gasteiger charge is 2.41. The molecular weight excluding hydrogens is 452 g/mol. The molecule has 1 aliphatic rings. The van der Waals surface area contributed by atoms with E-state index in [9.17, 15) is 0 Å². The number of aromatic nitrogens is 7. The summed E-state index contributed by atoms with van der Waals surface area (Å²) in [5.41, 5.74) is 10.3. The first-order valence-electron chi connectivity index (χ1n) is 11.2. The normalized spacial score (nSPS) is 16.0. The van der Waals surface area contributed by atoms with Crippen molar-refractivity contribution in [3.63, 3.8) is 0 Å². The van der Waals surface area contributed by atoms with Crippen LogP contribution in [0.2, 0.25) is 19.6 Å². The Balaban J connectivity index is 1.50. The largest absolute Gasteiger partial charge is 0.407 e. The average molecular weight is 481 g/mol. The van der Waals surface area contributed by atoms with Crippen molar-refractivity contribution in [1.29, 1.82) is 0 Å². The van der Waals surface area contributed by atoms with E-state index in [0.717, 1.165) is 34.9 Å². The molecule has 0 saturated heterocycles. The molecule has 4 aromatic heterocycles. The Morgan fingerprint density at radius 2 is 1.91 bits per heavy atom. The summed E-state index contributed by atoms with van der Waals surface area (Å²) in [6.45, 7) is 9.10. The van der Waals surface area contributed by atoms with Crippen LogP contribution in [0, 0.1) is 6.92 Å². The minimum absolute atomic E-state index is 0.170. The molecular formula is C22H28N8OSSi. The third-order valence-corrected chi connectivity index (χ3v) is 7.67. The zero-order valence-electron chi connectivity index (χ0n) is 19.4. The molecule has 9 nitrogen and oxygen atoms in total. The average Bonchev–Trinajstić information content (AvgIpc) is 3.48. The van der Waals surface area contributed by atoms with E-state index in [1.807, 2.05) is 18.4 Å². The van der Waals surface area contributed by atoms with Crippen molar-refractivity contribution in [2.24, 2.45) is 0 Å². The molecule has 4 heterocycles. The Morgan fingerprint density at radius 3 is 2.61 bits per heavy atom. The van der Waals surface area contributed by atoms with Gasteiger partial charge in [-0.25, -0.2) is 14.6 Å². The molecule has 0 aliphatic heterocycles. The van der Waals surface area contributed by atoms with Crippen LogP contribution >= 0.6 is 11.3 Å². The Hall–Kier alpha value is -2.76. The van der Waals surface area contributed by atoms with Crippen molar-refractivity contribution < 1.29 is 4.43 Å². The van der Waals surface area contributed by atoms with Crippen molar-refractivity contribution in [1.82, 2.24) is 34.9 Å². The minimum Gasteiger partial charge on any atom is -0.407 e. The Bertz CT molecular complexity index is 1310. The molecule has 0 atom stereocenters. The molecule has 172 valence electrons. The van der Waals surface area contributed by atoms with Crippen molar-refractivity contribution >= 4 is 36.8 Å². The summed E-state index contributed by atoms with van der Waals surface area (Å²) in [5, 5.41) is 11.4. The van der Waals surface area contributed by atoms with E-state index in [-0.39, 0.29) is 11.5 Å². The van der Waals surface area contributed by atoms with Crippen molar-refractivity contribution in [2.75, 3.05) is 5.73 Å². The number of fused-ring (bicyclic) bond motifs is 1. The molecule has 0 spiro atoms. The number of rotatable bonds is 6. The Kier molecular flexibility index (Phi) is 5.50. The van der Waals surface area contributed by atoms with Crippen LogP contribution in [0.1, 0.15) is 42.8 Å².